The van der Waals surface area contributed by atoms with Crippen LogP contribution in [0.3, 0.4) is 0 Å². The van der Waals surface area contributed by atoms with Crippen LogP contribution in [0.5, 0.6) is 0 Å². The Labute approximate surface area is 148 Å². The van der Waals surface area contributed by atoms with Crippen LogP contribution in [0.15, 0.2) is 47.4 Å². The Balaban J connectivity index is 2.26. The number of anilines is 1. The summed E-state index contributed by atoms with van der Waals surface area (Å²) in [6, 6.07) is 10.2. The number of benzene rings is 2. The maximum atomic E-state index is 12.6. The van der Waals surface area contributed by atoms with Gasteiger partial charge < -0.3 is 5.32 Å². The predicted molar refractivity (Wildman–Crippen MR) is 101 cm³/mol. The van der Waals surface area contributed by atoms with Gasteiger partial charge in [0.25, 0.3) is 10.0 Å². The van der Waals surface area contributed by atoms with Crippen molar-refractivity contribution in [2.45, 2.75) is 25.7 Å². The van der Waals surface area contributed by atoms with Crippen LogP contribution in [0.4, 0.5) is 5.69 Å². The standard InChI is InChI=1S/C19H22N2O3S/c1-13-11-14(2)19(15(3)12-13)21-25(23,24)17-8-5-16(6-9-17)7-10-18(22)20-4/h5-12,21H,1-4H3,(H,20,22)/b10-7+. The molecule has 0 aliphatic rings. The van der Waals surface area contributed by atoms with Crippen molar-refractivity contribution in [2.24, 2.45) is 0 Å². The normalized spacial score (nSPS) is 11.5. The second-order valence-electron chi connectivity index (χ2n) is 5.90. The van der Waals surface area contributed by atoms with E-state index in [9.17, 15) is 13.2 Å². The Morgan fingerprint density at radius 3 is 2.08 bits per heavy atom. The van der Waals surface area contributed by atoms with Crippen molar-refractivity contribution in [3.63, 3.8) is 0 Å². The van der Waals surface area contributed by atoms with Crippen molar-refractivity contribution in [1.29, 1.82) is 0 Å². The molecule has 0 spiro atoms. The molecule has 6 heteroatoms. The molecule has 0 atom stereocenters. The molecule has 2 aromatic rings. The van der Waals surface area contributed by atoms with Gasteiger partial charge in [-0.1, -0.05) is 29.8 Å². The Morgan fingerprint density at radius 2 is 1.56 bits per heavy atom. The van der Waals surface area contributed by atoms with Gasteiger partial charge in [-0.05, 0) is 55.7 Å². The topological polar surface area (TPSA) is 75.3 Å². The first-order valence-corrected chi connectivity index (χ1v) is 9.32. The zero-order chi connectivity index (χ0) is 18.6. The number of aryl methyl sites for hydroxylation is 3. The summed E-state index contributed by atoms with van der Waals surface area (Å²) in [5.41, 5.74) is 4.20. The van der Waals surface area contributed by atoms with Gasteiger partial charge in [-0.2, -0.15) is 0 Å². The summed E-state index contributed by atoms with van der Waals surface area (Å²) in [5, 5.41) is 2.48. The Bertz CT molecular complexity index is 891. The van der Waals surface area contributed by atoms with E-state index in [-0.39, 0.29) is 10.8 Å². The average Bonchev–Trinajstić information content (AvgIpc) is 2.56. The fourth-order valence-electron chi connectivity index (χ4n) is 2.55. The lowest BCUT2D eigenvalue weighted by molar-refractivity contribution is -0.115. The van der Waals surface area contributed by atoms with Crippen molar-refractivity contribution in [3.05, 3.63) is 64.7 Å². The maximum absolute atomic E-state index is 12.6. The van der Waals surface area contributed by atoms with E-state index in [0.29, 0.717) is 5.69 Å². The summed E-state index contributed by atoms with van der Waals surface area (Å²) in [4.78, 5) is 11.4. The van der Waals surface area contributed by atoms with Gasteiger partial charge in [0.1, 0.15) is 0 Å². The molecule has 0 radical (unpaired) electrons. The number of hydrogen-bond donors (Lipinski definition) is 2. The lowest BCUT2D eigenvalue weighted by Gasteiger charge is -2.14. The van der Waals surface area contributed by atoms with E-state index in [1.165, 1.54) is 18.2 Å². The SMILES string of the molecule is CNC(=O)/C=C/c1ccc(S(=O)(=O)Nc2c(C)cc(C)cc2C)cc1. The van der Waals surface area contributed by atoms with Gasteiger partial charge in [-0.15, -0.1) is 0 Å². The zero-order valence-electron chi connectivity index (χ0n) is 14.8. The molecule has 0 heterocycles. The molecule has 25 heavy (non-hydrogen) atoms. The first-order chi connectivity index (χ1) is 11.7. The third kappa shape index (κ3) is 4.70. The summed E-state index contributed by atoms with van der Waals surface area (Å²) in [7, 11) is -2.13. The van der Waals surface area contributed by atoms with Crippen LogP contribution >= 0.6 is 0 Å². The van der Waals surface area contributed by atoms with E-state index < -0.39 is 10.0 Å². The molecule has 0 aromatic heterocycles. The lowest BCUT2D eigenvalue weighted by Crippen LogP contribution is -2.15. The molecule has 0 aliphatic heterocycles. The highest BCUT2D eigenvalue weighted by atomic mass is 32.2. The number of sulfonamides is 1. The number of hydrogen-bond acceptors (Lipinski definition) is 3. The highest BCUT2D eigenvalue weighted by Crippen LogP contribution is 2.25. The van der Waals surface area contributed by atoms with Crippen molar-refractivity contribution >= 4 is 27.7 Å². The fraction of sp³-hybridized carbons (Fsp3) is 0.211. The highest BCUT2D eigenvalue weighted by Gasteiger charge is 2.16. The molecule has 0 aliphatic carbocycles. The van der Waals surface area contributed by atoms with E-state index in [1.807, 2.05) is 32.9 Å². The molecule has 2 rings (SSSR count). The second-order valence-corrected chi connectivity index (χ2v) is 7.58. The molecule has 2 aromatic carbocycles. The van der Waals surface area contributed by atoms with Crippen LogP contribution in [-0.2, 0) is 14.8 Å². The van der Waals surface area contributed by atoms with E-state index >= 15 is 0 Å². The number of carbonyl (C=O) groups is 1. The van der Waals surface area contributed by atoms with Crippen molar-refractivity contribution < 1.29 is 13.2 Å². The fourth-order valence-corrected chi connectivity index (χ4v) is 3.75. The Morgan fingerprint density at radius 1 is 1.00 bits per heavy atom. The van der Waals surface area contributed by atoms with Crippen LogP contribution in [0, 0.1) is 20.8 Å². The Hall–Kier alpha value is -2.60. The van der Waals surface area contributed by atoms with Crippen molar-refractivity contribution in [1.82, 2.24) is 5.32 Å². The monoisotopic (exact) mass is 358 g/mol. The van der Waals surface area contributed by atoms with Gasteiger partial charge >= 0.3 is 0 Å². The molecule has 0 unspecified atom stereocenters. The van der Waals surface area contributed by atoms with Crippen LogP contribution in [0.2, 0.25) is 0 Å². The first-order valence-electron chi connectivity index (χ1n) is 7.83. The molecule has 0 saturated heterocycles. The molecular formula is C19H22N2O3S. The number of rotatable bonds is 5. The van der Waals surface area contributed by atoms with Gasteiger partial charge in [0.05, 0.1) is 10.6 Å². The quantitative estimate of drug-likeness (QED) is 0.806. The van der Waals surface area contributed by atoms with Gasteiger partial charge in [-0.25, -0.2) is 8.42 Å². The van der Waals surface area contributed by atoms with E-state index in [4.69, 9.17) is 0 Å². The maximum Gasteiger partial charge on any atom is 0.261 e. The second kappa shape index (κ2) is 7.53. The molecule has 5 nitrogen and oxygen atoms in total. The van der Waals surface area contributed by atoms with E-state index in [0.717, 1.165) is 22.3 Å². The minimum absolute atomic E-state index is 0.170. The van der Waals surface area contributed by atoms with Crippen LogP contribution in [0.25, 0.3) is 6.08 Å². The smallest absolute Gasteiger partial charge is 0.261 e. The van der Waals surface area contributed by atoms with E-state index in [1.54, 1.807) is 25.3 Å². The number of amides is 1. The summed E-state index contributed by atoms with van der Waals surface area (Å²) in [6.07, 6.45) is 3.01. The largest absolute Gasteiger partial charge is 0.356 e. The summed E-state index contributed by atoms with van der Waals surface area (Å²) in [6.45, 7) is 5.73. The van der Waals surface area contributed by atoms with Crippen LogP contribution in [0.1, 0.15) is 22.3 Å². The number of nitrogens with one attached hydrogen (secondary N) is 2. The summed E-state index contributed by atoms with van der Waals surface area (Å²) in [5.74, 6) is -0.219. The van der Waals surface area contributed by atoms with E-state index in [2.05, 4.69) is 10.0 Å². The van der Waals surface area contributed by atoms with Crippen molar-refractivity contribution in [2.75, 3.05) is 11.8 Å². The van der Waals surface area contributed by atoms with Crippen LogP contribution < -0.4 is 10.0 Å². The lowest BCUT2D eigenvalue weighted by atomic mass is 10.1. The zero-order valence-corrected chi connectivity index (χ0v) is 15.6. The minimum Gasteiger partial charge on any atom is -0.356 e. The number of carbonyl (C=O) groups excluding carboxylic acids is 1. The van der Waals surface area contributed by atoms with Crippen molar-refractivity contribution in [3.8, 4) is 0 Å². The molecular weight excluding hydrogens is 336 g/mol. The van der Waals surface area contributed by atoms with Gasteiger partial charge in [0.15, 0.2) is 0 Å². The average molecular weight is 358 g/mol. The Kier molecular flexibility index (Phi) is 5.64. The third-order valence-corrected chi connectivity index (χ3v) is 5.14. The first kappa shape index (κ1) is 18.7. The molecule has 132 valence electrons. The van der Waals surface area contributed by atoms with Crippen LogP contribution in [-0.4, -0.2) is 21.4 Å². The molecule has 0 saturated carbocycles. The summed E-state index contributed by atoms with van der Waals surface area (Å²) >= 11 is 0. The molecule has 0 fully saturated rings. The minimum atomic E-state index is -3.68. The third-order valence-electron chi connectivity index (χ3n) is 3.78. The molecule has 1 amide bonds. The predicted octanol–water partition coefficient (Wildman–Crippen LogP) is 3.17. The highest BCUT2D eigenvalue weighted by molar-refractivity contribution is 7.92. The molecule has 2 N–H and O–H groups in total. The molecule has 0 bridgehead atoms. The van der Waals surface area contributed by atoms with Gasteiger partial charge in [0, 0.05) is 13.1 Å². The number of likely N-dealkylation sites (N-methyl/N-ethyl adjacent to an activating group) is 1. The van der Waals surface area contributed by atoms with Gasteiger partial charge in [0.2, 0.25) is 5.91 Å². The summed E-state index contributed by atoms with van der Waals surface area (Å²) < 4.78 is 27.9. The van der Waals surface area contributed by atoms with Gasteiger partial charge in [-0.3, -0.25) is 9.52 Å².